The molecule has 1 unspecified atom stereocenters. The Bertz CT molecular complexity index is 663. The molecule has 1 fully saturated rings. The first kappa shape index (κ1) is 20.9. The molecule has 3 heteroatoms. The van der Waals surface area contributed by atoms with Gasteiger partial charge < -0.3 is 9.64 Å². The van der Waals surface area contributed by atoms with Gasteiger partial charge in [0.2, 0.25) is 0 Å². The first-order valence-electron chi connectivity index (χ1n) is 10.8. The minimum atomic E-state index is 0.654. The molecule has 0 amide bonds. The second-order valence-electron chi connectivity index (χ2n) is 8.16. The minimum Gasteiger partial charge on any atom is -0.379 e. The van der Waals surface area contributed by atoms with Crippen LogP contribution in [0.4, 0.5) is 5.69 Å². The summed E-state index contributed by atoms with van der Waals surface area (Å²) in [6, 6.07) is 20.1. The molecule has 2 aromatic rings. The first-order valence-corrected chi connectivity index (χ1v) is 10.8. The SMILES string of the molecule is CN(C)c1ccc(C(CCCc2ccccc2)CCCN2CCOCC2)cc1. The van der Waals surface area contributed by atoms with E-state index in [0.717, 1.165) is 26.3 Å². The highest BCUT2D eigenvalue weighted by Crippen LogP contribution is 2.29. The standard InChI is InChI=1S/C25H36N2O/c1-26(2)25-15-13-24(14-16-25)23(11-6-10-22-8-4-3-5-9-22)12-7-17-27-18-20-28-21-19-27/h3-5,8-9,13-16,23H,6-7,10-12,17-21H2,1-2H3. The normalized spacial score (nSPS) is 16.1. The van der Waals surface area contributed by atoms with Gasteiger partial charge in [-0.1, -0.05) is 42.5 Å². The molecule has 1 aliphatic heterocycles. The second kappa shape index (κ2) is 11.2. The molecule has 0 aromatic heterocycles. The maximum absolute atomic E-state index is 5.48. The van der Waals surface area contributed by atoms with Gasteiger partial charge in [-0.15, -0.1) is 0 Å². The van der Waals surface area contributed by atoms with Crippen LogP contribution < -0.4 is 4.90 Å². The van der Waals surface area contributed by atoms with E-state index in [0.29, 0.717) is 5.92 Å². The quantitative estimate of drug-likeness (QED) is 0.579. The van der Waals surface area contributed by atoms with E-state index in [4.69, 9.17) is 4.74 Å². The summed E-state index contributed by atoms with van der Waals surface area (Å²) in [5.74, 6) is 0.654. The highest BCUT2D eigenvalue weighted by Gasteiger charge is 2.14. The van der Waals surface area contributed by atoms with Crippen LogP contribution in [-0.4, -0.2) is 51.8 Å². The van der Waals surface area contributed by atoms with E-state index >= 15 is 0 Å². The van der Waals surface area contributed by atoms with Gasteiger partial charge >= 0.3 is 0 Å². The Balaban J connectivity index is 1.55. The zero-order chi connectivity index (χ0) is 19.6. The molecular formula is C25H36N2O. The highest BCUT2D eigenvalue weighted by molar-refractivity contribution is 5.46. The fourth-order valence-corrected chi connectivity index (χ4v) is 4.11. The lowest BCUT2D eigenvalue weighted by Gasteiger charge is -2.27. The molecule has 2 aromatic carbocycles. The van der Waals surface area contributed by atoms with Crippen molar-refractivity contribution in [3.05, 3.63) is 65.7 Å². The number of benzene rings is 2. The maximum Gasteiger partial charge on any atom is 0.0594 e. The molecule has 1 saturated heterocycles. The van der Waals surface area contributed by atoms with Crippen LogP contribution in [0.2, 0.25) is 0 Å². The molecule has 1 aliphatic rings. The van der Waals surface area contributed by atoms with Gasteiger partial charge in [-0.05, 0) is 67.8 Å². The zero-order valence-electron chi connectivity index (χ0n) is 17.6. The summed E-state index contributed by atoms with van der Waals surface area (Å²) >= 11 is 0. The van der Waals surface area contributed by atoms with Crippen LogP contribution in [0.15, 0.2) is 54.6 Å². The van der Waals surface area contributed by atoms with Crippen LogP contribution in [0.25, 0.3) is 0 Å². The third kappa shape index (κ3) is 6.65. The fraction of sp³-hybridized carbons (Fsp3) is 0.520. The molecule has 0 aliphatic carbocycles. The first-order chi connectivity index (χ1) is 13.7. The lowest BCUT2D eigenvalue weighted by molar-refractivity contribution is 0.0369. The molecule has 0 bridgehead atoms. The zero-order valence-corrected chi connectivity index (χ0v) is 17.6. The van der Waals surface area contributed by atoms with Gasteiger partial charge in [-0.3, -0.25) is 4.90 Å². The molecule has 152 valence electrons. The number of rotatable bonds is 10. The predicted octanol–water partition coefficient (Wildman–Crippen LogP) is 4.97. The minimum absolute atomic E-state index is 0.654. The van der Waals surface area contributed by atoms with Crippen molar-refractivity contribution < 1.29 is 4.74 Å². The van der Waals surface area contributed by atoms with Crippen molar-refractivity contribution in [1.29, 1.82) is 0 Å². The van der Waals surface area contributed by atoms with Gasteiger partial charge in [-0.2, -0.15) is 0 Å². The summed E-state index contributed by atoms with van der Waals surface area (Å²) in [7, 11) is 4.21. The monoisotopic (exact) mass is 380 g/mol. The van der Waals surface area contributed by atoms with Gasteiger partial charge in [-0.25, -0.2) is 0 Å². The smallest absolute Gasteiger partial charge is 0.0594 e. The van der Waals surface area contributed by atoms with E-state index in [1.807, 2.05) is 0 Å². The largest absolute Gasteiger partial charge is 0.379 e. The Kier molecular flexibility index (Phi) is 8.38. The fourth-order valence-electron chi connectivity index (χ4n) is 4.11. The second-order valence-corrected chi connectivity index (χ2v) is 8.16. The molecule has 0 saturated carbocycles. The van der Waals surface area contributed by atoms with Gasteiger partial charge in [0.15, 0.2) is 0 Å². The number of ether oxygens (including phenoxy) is 1. The third-order valence-corrected chi connectivity index (χ3v) is 5.87. The molecule has 3 rings (SSSR count). The summed E-state index contributed by atoms with van der Waals surface area (Å²) in [5, 5.41) is 0. The van der Waals surface area contributed by atoms with Crippen LogP contribution >= 0.6 is 0 Å². The third-order valence-electron chi connectivity index (χ3n) is 5.87. The summed E-state index contributed by atoms with van der Waals surface area (Å²) in [5.41, 5.74) is 4.23. The maximum atomic E-state index is 5.48. The van der Waals surface area contributed by atoms with Crippen LogP contribution in [0.3, 0.4) is 0 Å². The van der Waals surface area contributed by atoms with E-state index in [1.54, 1.807) is 0 Å². The van der Waals surface area contributed by atoms with Crippen LogP contribution in [0.1, 0.15) is 42.7 Å². The Labute approximate surface area is 171 Å². The predicted molar refractivity (Wildman–Crippen MR) is 119 cm³/mol. The van der Waals surface area contributed by atoms with Gasteiger partial charge in [0, 0.05) is 32.9 Å². The van der Waals surface area contributed by atoms with Crippen LogP contribution in [0.5, 0.6) is 0 Å². The molecule has 3 nitrogen and oxygen atoms in total. The van der Waals surface area contributed by atoms with Crippen molar-refractivity contribution in [3.63, 3.8) is 0 Å². The van der Waals surface area contributed by atoms with Crippen molar-refractivity contribution in [2.75, 3.05) is 51.8 Å². The van der Waals surface area contributed by atoms with Crippen LogP contribution in [-0.2, 0) is 11.2 Å². The number of morpholine rings is 1. The lowest BCUT2D eigenvalue weighted by atomic mass is 9.88. The van der Waals surface area contributed by atoms with Gasteiger partial charge in [0.25, 0.3) is 0 Å². The van der Waals surface area contributed by atoms with E-state index in [9.17, 15) is 0 Å². The molecular weight excluding hydrogens is 344 g/mol. The molecule has 28 heavy (non-hydrogen) atoms. The van der Waals surface area contributed by atoms with Crippen molar-refractivity contribution in [2.24, 2.45) is 0 Å². The molecule has 0 N–H and O–H groups in total. The molecule has 0 radical (unpaired) electrons. The molecule has 1 heterocycles. The van der Waals surface area contributed by atoms with Crippen molar-refractivity contribution >= 4 is 5.69 Å². The lowest BCUT2D eigenvalue weighted by Crippen LogP contribution is -2.36. The number of nitrogens with zero attached hydrogens (tertiary/aromatic N) is 2. The van der Waals surface area contributed by atoms with Crippen molar-refractivity contribution in [2.45, 2.75) is 38.0 Å². The summed E-state index contributed by atoms with van der Waals surface area (Å²) < 4.78 is 5.48. The van der Waals surface area contributed by atoms with E-state index in [-0.39, 0.29) is 0 Å². The van der Waals surface area contributed by atoms with Crippen molar-refractivity contribution in [1.82, 2.24) is 4.90 Å². The van der Waals surface area contributed by atoms with Gasteiger partial charge in [0.1, 0.15) is 0 Å². The number of hydrogen-bond acceptors (Lipinski definition) is 3. The molecule has 0 spiro atoms. The van der Waals surface area contributed by atoms with Gasteiger partial charge in [0.05, 0.1) is 13.2 Å². The topological polar surface area (TPSA) is 15.7 Å². The Morgan fingerprint density at radius 2 is 1.57 bits per heavy atom. The number of anilines is 1. The number of hydrogen-bond donors (Lipinski definition) is 0. The summed E-state index contributed by atoms with van der Waals surface area (Å²) in [6.07, 6.45) is 6.23. The van der Waals surface area contributed by atoms with E-state index in [2.05, 4.69) is 78.5 Å². The van der Waals surface area contributed by atoms with E-state index < -0.39 is 0 Å². The Hall–Kier alpha value is -1.84. The Morgan fingerprint density at radius 1 is 0.893 bits per heavy atom. The van der Waals surface area contributed by atoms with E-state index in [1.165, 1.54) is 55.5 Å². The average molecular weight is 381 g/mol. The Morgan fingerprint density at radius 3 is 2.25 bits per heavy atom. The average Bonchev–Trinajstić information content (AvgIpc) is 2.74. The highest BCUT2D eigenvalue weighted by atomic mass is 16.5. The number of aryl methyl sites for hydroxylation is 1. The molecule has 1 atom stereocenters. The van der Waals surface area contributed by atoms with Crippen LogP contribution in [0, 0.1) is 0 Å². The summed E-state index contributed by atoms with van der Waals surface area (Å²) in [4.78, 5) is 4.73. The van der Waals surface area contributed by atoms with Crippen molar-refractivity contribution in [3.8, 4) is 0 Å². The summed E-state index contributed by atoms with van der Waals surface area (Å²) in [6.45, 7) is 5.18.